The summed E-state index contributed by atoms with van der Waals surface area (Å²) in [5.74, 6) is -1.25. The second-order valence-electron chi connectivity index (χ2n) is 3.87. The molecule has 1 atom stereocenters. The molecule has 1 aromatic carbocycles. The van der Waals surface area contributed by atoms with Crippen molar-refractivity contribution in [1.29, 1.82) is 5.26 Å². The highest BCUT2D eigenvalue weighted by molar-refractivity contribution is 7.88. The largest absolute Gasteiger partial charge is 0.392 e. The summed E-state index contributed by atoms with van der Waals surface area (Å²) >= 11 is 0. The number of aliphatic hydroxyl groups excluding tert-OH is 1. The van der Waals surface area contributed by atoms with E-state index in [2.05, 4.69) is 4.72 Å². The van der Waals surface area contributed by atoms with Crippen molar-refractivity contribution >= 4 is 10.0 Å². The third-order valence-electron chi connectivity index (χ3n) is 2.12. The average Bonchev–Trinajstić information content (AvgIpc) is 2.29. The Bertz CT molecular complexity index is 564. The summed E-state index contributed by atoms with van der Waals surface area (Å²) in [7, 11) is -3.74. The van der Waals surface area contributed by atoms with E-state index in [1.807, 2.05) is 6.07 Å². The monoisotopic (exact) mass is 272 g/mol. The first kappa shape index (κ1) is 14.6. The Kier molecular flexibility index (Phi) is 4.78. The van der Waals surface area contributed by atoms with Crippen LogP contribution in [-0.2, 0) is 15.8 Å². The number of rotatable bonds is 5. The minimum Gasteiger partial charge on any atom is -0.392 e. The lowest BCUT2D eigenvalue weighted by atomic mass is 10.1. The van der Waals surface area contributed by atoms with E-state index in [1.165, 1.54) is 19.1 Å². The normalized spacial score (nSPS) is 13.0. The summed E-state index contributed by atoms with van der Waals surface area (Å²) in [5, 5.41) is 17.6. The molecule has 1 unspecified atom stereocenters. The van der Waals surface area contributed by atoms with Crippen molar-refractivity contribution in [2.45, 2.75) is 18.8 Å². The molecule has 0 aromatic heterocycles. The molecule has 2 N–H and O–H groups in total. The minimum absolute atomic E-state index is 0.0767. The van der Waals surface area contributed by atoms with Gasteiger partial charge in [0.25, 0.3) is 0 Å². The van der Waals surface area contributed by atoms with Gasteiger partial charge >= 0.3 is 0 Å². The highest BCUT2D eigenvalue weighted by Crippen LogP contribution is 2.13. The summed E-state index contributed by atoms with van der Waals surface area (Å²) in [4.78, 5) is 0. The molecule has 0 aliphatic rings. The fourth-order valence-electron chi connectivity index (χ4n) is 1.26. The number of nitrogens with zero attached hydrogens (tertiary/aromatic N) is 1. The van der Waals surface area contributed by atoms with E-state index in [0.29, 0.717) is 0 Å². The van der Waals surface area contributed by atoms with Crippen LogP contribution in [0.15, 0.2) is 18.2 Å². The molecule has 18 heavy (non-hydrogen) atoms. The van der Waals surface area contributed by atoms with Gasteiger partial charge in [-0.05, 0) is 25.1 Å². The number of nitrogens with one attached hydrogen (secondary N) is 1. The number of hydrogen-bond acceptors (Lipinski definition) is 4. The zero-order valence-electron chi connectivity index (χ0n) is 9.72. The van der Waals surface area contributed by atoms with Crippen molar-refractivity contribution in [3.8, 4) is 6.07 Å². The van der Waals surface area contributed by atoms with Crippen LogP contribution in [-0.4, -0.2) is 26.2 Å². The van der Waals surface area contributed by atoms with Gasteiger partial charge < -0.3 is 5.11 Å². The number of nitriles is 1. The molecule has 0 saturated heterocycles. The second kappa shape index (κ2) is 5.91. The van der Waals surface area contributed by atoms with Crippen LogP contribution in [0.4, 0.5) is 4.39 Å². The first-order valence-corrected chi connectivity index (χ1v) is 6.83. The molecule has 0 radical (unpaired) electrons. The number of hydrogen-bond donors (Lipinski definition) is 2. The van der Waals surface area contributed by atoms with Gasteiger partial charge in [-0.2, -0.15) is 5.26 Å². The van der Waals surface area contributed by atoms with E-state index < -0.39 is 27.7 Å². The van der Waals surface area contributed by atoms with Gasteiger partial charge in [0.15, 0.2) is 0 Å². The minimum atomic E-state index is -3.74. The lowest BCUT2D eigenvalue weighted by Crippen LogP contribution is -2.31. The van der Waals surface area contributed by atoms with Crippen molar-refractivity contribution in [2.75, 3.05) is 6.54 Å². The molecule has 0 aliphatic carbocycles. The Balaban J connectivity index is 2.87. The van der Waals surface area contributed by atoms with Crippen LogP contribution < -0.4 is 4.72 Å². The van der Waals surface area contributed by atoms with Crippen LogP contribution in [0.25, 0.3) is 0 Å². The molecule has 0 bridgehead atoms. The number of sulfonamides is 1. The van der Waals surface area contributed by atoms with Gasteiger partial charge in [-0.25, -0.2) is 17.5 Å². The van der Waals surface area contributed by atoms with Crippen LogP contribution >= 0.6 is 0 Å². The lowest BCUT2D eigenvalue weighted by Gasteiger charge is -2.09. The van der Waals surface area contributed by atoms with Crippen LogP contribution in [0, 0.1) is 17.1 Å². The summed E-state index contributed by atoms with van der Waals surface area (Å²) in [6.07, 6.45) is -0.824. The molecule has 0 heterocycles. The zero-order valence-corrected chi connectivity index (χ0v) is 10.5. The van der Waals surface area contributed by atoms with Gasteiger partial charge in [0.2, 0.25) is 10.0 Å². The summed E-state index contributed by atoms with van der Waals surface area (Å²) in [6.45, 7) is 1.29. The van der Waals surface area contributed by atoms with Crippen molar-refractivity contribution in [2.24, 2.45) is 0 Å². The summed E-state index contributed by atoms with van der Waals surface area (Å²) < 4.78 is 38.7. The van der Waals surface area contributed by atoms with Crippen LogP contribution in [0.5, 0.6) is 0 Å². The SMILES string of the molecule is CC(O)CNS(=O)(=O)Cc1cc(C#N)ccc1F. The van der Waals surface area contributed by atoms with Gasteiger partial charge in [-0.15, -0.1) is 0 Å². The Hall–Kier alpha value is -1.49. The van der Waals surface area contributed by atoms with Gasteiger partial charge in [0, 0.05) is 12.1 Å². The molecule has 7 heteroatoms. The molecule has 1 rings (SSSR count). The fourth-order valence-corrected chi connectivity index (χ4v) is 2.49. The quantitative estimate of drug-likeness (QED) is 0.816. The fraction of sp³-hybridized carbons (Fsp3) is 0.364. The molecule has 0 fully saturated rings. The van der Waals surface area contributed by atoms with Crippen molar-refractivity contribution < 1.29 is 17.9 Å². The Morgan fingerprint density at radius 1 is 1.56 bits per heavy atom. The molecular formula is C11H13FN2O3S. The predicted molar refractivity (Wildman–Crippen MR) is 63.4 cm³/mol. The van der Waals surface area contributed by atoms with E-state index in [-0.39, 0.29) is 17.7 Å². The Labute approximate surface area is 105 Å². The maximum absolute atomic E-state index is 13.4. The highest BCUT2D eigenvalue weighted by Gasteiger charge is 2.15. The third-order valence-corrected chi connectivity index (χ3v) is 3.42. The Morgan fingerprint density at radius 2 is 2.22 bits per heavy atom. The number of benzene rings is 1. The van der Waals surface area contributed by atoms with Crippen LogP contribution in [0.3, 0.4) is 0 Å². The van der Waals surface area contributed by atoms with E-state index in [4.69, 9.17) is 10.4 Å². The van der Waals surface area contributed by atoms with Crippen LogP contribution in [0.1, 0.15) is 18.1 Å². The third kappa shape index (κ3) is 4.41. The van der Waals surface area contributed by atoms with E-state index >= 15 is 0 Å². The van der Waals surface area contributed by atoms with Crippen molar-refractivity contribution in [1.82, 2.24) is 4.72 Å². The van der Waals surface area contributed by atoms with Crippen LogP contribution in [0.2, 0.25) is 0 Å². The van der Waals surface area contributed by atoms with Gasteiger partial charge in [-0.1, -0.05) is 0 Å². The molecule has 5 nitrogen and oxygen atoms in total. The molecule has 0 aliphatic heterocycles. The molecular weight excluding hydrogens is 259 g/mol. The maximum Gasteiger partial charge on any atom is 0.215 e. The number of aliphatic hydroxyl groups is 1. The lowest BCUT2D eigenvalue weighted by molar-refractivity contribution is 0.198. The molecule has 0 spiro atoms. The Morgan fingerprint density at radius 3 is 2.78 bits per heavy atom. The van der Waals surface area contributed by atoms with Gasteiger partial charge in [-0.3, -0.25) is 0 Å². The molecule has 1 aromatic rings. The molecule has 98 valence electrons. The van der Waals surface area contributed by atoms with E-state index in [1.54, 1.807) is 0 Å². The van der Waals surface area contributed by atoms with E-state index in [0.717, 1.165) is 6.07 Å². The second-order valence-corrected chi connectivity index (χ2v) is 5.68. The first-order chi connectivity index (χ1) is 8.34. The first-order valence-electron chi connectivity index (χ1n) is 5.18. The molecule has 0 amide bonds. The van der Waals surface area contributed by atoms with Gasteiger partial charge in [0.1, 0.15) is 5.82 Å². The van der Waals surface area contributed by atoms with Gasteiger partial charge in [0.05, 0.1) is 23.5 Å². The van der Waals surface area contributed by atoms with Crippen molar-refractivity contribution in [3.05, 3.63) is 35.1 Å². The summed E-state index contributed by atoms with van der Waals surface area (Å²) in [5.41, 5.74) is 0.115. The topological polar surface area (TPSA) is 90.2 Å². The zero-order chi connectivity index (χ0) is 13.8. The average molecular weight is 272 g/mol. The maximum atomic E-state index is 13.4. The summed E-state index contributed by atoms with van der Waals surface area (Å²) in [6, 6.07) is 5.33. The standard InChI is InChI=1S/C11H13FN2O3S/c1-8(15)6-14-18(16,17)7-10-4-9(5-13)2-3-11(10)12/h2-4,8,14-15H,6-7H2,1H3. The number of halogens is 1. The molecule has 0 saturated carbocycles. The smallest absolute Gasteiger partial charge is 0.215 e. The van der Waals surface area contributed by atoms with E-state index in [9.17, 15) is 12.8 Å². The van der Waals surface area contributed by atoms with Crippen molar-refractivity contribution in [3.63, 3.8) is 0 Å². The highest BCUT2D eigenvalue weighted by atomic mass is 32.2. The predicted octanol–water partition coefficient (Wildman–Crippen LogP) is 0.498.